The van der Waals surface area contributed by atoms with E-state index in [1.807, 2.05) is 60.7 Å². The van der Waals surface area contributed by atoms with Gasteiger partial charge in [-0.15, -0.1) is 0 Å². The first-order valence-electron chi connectivity index (χ1n) is 11.2. The van der Waals surface area contributed by atoms with Crippen LogP contribution in [0.5, 0.6) is 0 Å². The highest BCUT2D eigenvalue weighted by Gasteiger charge is 2.25. The van der Waals surface area contributed by atoms with E-state index in [1.54, 1.807) is 17.0 Å². The van der Waals surface area contributed by atoms with Crippen LogP contribution in [0.3, 0.4) is 0 Å². The number of fused-ring (bicyclic) bond motifs is 1. The smallest absolute Gasteiger partial charge is 0.292 e. The molecule has 1 aliphatic rings. The molecule has 1 N–H and O–H groups in total. The molecule has 0 bridgehead atoms. The predicted octanol–water partition coefficient (Wildman–Crippen LogP) is 4.92. The van der Waals surface area contributed by atoms with Crippen LogP contribution in [0.4, 0.5) is 17.1 Å². The highest BCUT2D eigenvalue weighted by molar-refractivity contribution is 5.96. The summed E-state index contributed by atoms with van der Waals surface area (Å²) in [5.74, 6) is 0.224. The number of carbonyl (C=O) groups excluding carboxylic acids is 1. The Morgan fingerprint density at radius 2 is 1.68 bits per heavy atom. The van der Waals surface area contributed by atoms with Gasteiger partial charge in [0.1, 0.15) is 11.3 Å². The van der Waals surface area contributed by atoms with Crippen molar-refractivity contribution in [1.82, 2.24) is 4.90 Å². The molecule has 5 rings (SSSR count). The normalized spacial score (nSPS) is 13.8. The number of rotatable bonds is 6. The van der Waals surface area contributed by atoms with Crippen LogP contribution in [0.25, 0.3) is 11.0 Å². The van der Waals surface area contributed by atoms with Gasteiger partial charge in [0.2, 0.25) is 0 Å². The Morgan fingerprint density at radius 3 is 2.41 bits per heavy atom. The lowest BCUT2D eigenvalue weighted by Gasteiger charge is -2.35. The molecule has 0 aliphatic carbocycles. The monoisotopic (exact) mass is 456 g/mol. The highest BCUT2D eigenvalue weighted by Crippen LogP contribution is 2.31. The Labute approximate surface area is 196 Å². The van der Waals surface area contributed by atoms with Crippen molar-refractivity contribution < 1.29 is 14.1 Å². The Hall–Kier alpha value is -4.33. The maximum absolute atomic E-state index is 12.9. The van der Waals surface area contributed by atoms with E-state index in [4.69, 9.17) is 4.42 Å². The summed E-state index contributed by atoms with van der Waals surface area (Å²) in [6.07, 6.45) is 0. The average molecular weight is 457 g/mol. The number of nitro groups is 1. The number of hydrogen-bond donors (Lipinski definition) is 1. The fourth-order valence-electron chi connectivity index (χ4n) is 4.23. The van der Waals surface area contributed by atoms with Crippen molar-refractivity contribution in [3.63, 3.8) is 0 Å². The second kappa shape index (κ2) is 9.27. The molecule has 34 heavy (non-hydrogen) atoms. The number of nitrogens with one attached hydrogen (secondary N) is 1. The molecule has 1 saturated heterocycles. The van der Waals surface area contributed by atoms with Gasteiger partial charge < -0.3 is 19.5 Å². The molecule has 1 aliphatic heterocycles. The SMILES string of the molecule is O=C(c1cc2ccccc2o1)N1CCN(c2ccc([N+](=O)[O-])c(NCc3ccccc3)c2)CC1. The van der Waals surface area contributed by atoms with E-state index in [0.29, 0.717) is 49.8 Å². The summed E-state index contributed by atoms with van der Waals surface area (Å²) in [7, 11) is 0. The van der Waals surface area contributed by atoms with E-state index in [-0.39, 0.29) is 16.5 Å². The summed E-state index contributed by atoms with van der Waals surface area (Å²) in [6, 6.07) is 24.2. The molecule has 0 radical (unpaired) electrons. The predicted molar refractivity (Wildman–Crippen MR) is 131 cm³/mol. The summed E-state index contributed by atoms with van der Waals surface area (Å²) in [4.78, 5) is 28.0. The largest absolute Gasteiger partial charge is 0.451 e. The van der Waals surface area contributed by atoms with Crippen LogP contribution in [0.1, 0.15) is 16.1 Å². The number of para-hydroxylation sites is 1. The Kier molecular flexibility index (Phi) is 5.86. The second-order valence-electron chi connectivity index (χ2n) is 8.23. The van der Waals surface area contributed by atoms with E-state index >= 15 is 0 Å². The lowest BCUT2D eigenvalue weighted by Crippen LogP contribution is -2.48. The molecular weight excluding hydrogens is 432 g/mol. The standard InChI is InChI=1S/C26H24N4O4/c31-26(25-16-20-8-4-5-9-24(20)34-25)29-14-12-28(13-15-29)21-10-11-23(30(32)33)22(17-21)27-18-19-6-2-1-3-7-19/h1-11,16-17,27H,12-15,18H2. The molecule has 1 aromatic heterocycles. The molecule has 4 aromatic rings. The summed E-state index contributed by atoms with van der Waals surface area (Å²) in [5, 5.41) is 15.7. The van der Waals surface area contributed by atoms with Crippen molar-refractivity contribution in [2.45, 2.75) is 6.54 Å². The van der Waals surface area contributed by atoms with Gasteiger partial charge in [0, 0.05) is 49.9 Å². The van der Waals surface area contributed by atoms with Crippen molar-refractivity contribution in [1.29, 1.82) is 0 Å². The quantitative estimate of drug-likeness (QED) is 0.327. The minimum Gasteiger partial charge on any atom is -0.451 e. The molecule has 0 atom stereocenters. The van der Waals surface area contributed by atoms with Crippen LogP contribution in [0.15, 0.2) is 83.3 Å². The fourth-order valence-corrected chi connectivity index (χ4v) is 4.23. The van der Waals surface area contributed by atoms with Gasteiger partial charge >= 0.3 is 0 Å². The first-order valence-corrected chi connectivity index (χ1v) is 11.2. The lowest BCUT2D eigenvalue weighted by atomic mass is 10.1. The summed E-state index contributed by atoms with van der Waals surface area (Å²) >= 11 is 0. The summed E-state index contributed by atoms with van der Waals surface area (Å²) in [6.45, 7) is 2.83. The number of benzene rings is 3. The van der Waals surface area contributed by atoms with Crippen LogP contribution >= 0.6 is 0 Å². The number of nitro benzene ring substituents is 1. The molecule has 0 spiro atoms. The van der Waals surface area contributed by atoms with Gasteiger partial charge in [-0.2, -0.15) is 0 Å². The third-order valence-electron chi connectivity index (χ3n) is 6.07. The first-order chi connectivity index (χ1) is 16.6. The van der Waals surface area contributed by atoms with Crippen molar-refractivity contribution in [2.24, 2.45) is 0 Å². The average Bonchev–Trinajstić information content (AvgIpc) is 3.32. The van der Waals surface area contributed by atoms with E-state index in [2.05, 4.69) is 10.2 Å². The molecule has 8 nitrogen and oxygen atoms in total. The Bertz CT molecular complexity index is 1290. The number of piperazine rings is 1. The third-order valence-corrected chi connectivity index (χ3v) is 6.07. The van der Waals surface area contributed by atoms with Gasteiger partial charge in [0.25, 0.3) is 11.6 Å². The number of hydrogen-bond acceptors (Lipinski definition) is 6. The minimum atomic E-state index is -0.374. The van der Waals surface area contributed by atoms with Gasteiger partial charge in [0.15, 0.2) is 5.76 Å². The molecule has 1 amide bonds. The van der Waals surface area contributed by atoms with E-state index in [0.717, 1.165) is 16.6 Å². The topological polar surface area (TPSA) is 91.9 Å². The zero-order valence-electron chi connectivity index (χ0n) is 18.5. The number of amides is 1. The van der Waals surface area contributed by atoms with Crippen LogP contribution in [0, 0.1) is 10.1 Å². The van der Waals surface area contributed by atoms with E-state index in [1.165, 1.54) is 6.07 Å². The fraction of sp³-hybridized carbons (Fsp3) is 0.192. The number of carbonyl (C=O) groups is 1. The van der Waals surface area contributed by atoms with Gasteiger partial charge in [-0.3, -0.25) is 14.9 Å². The van der Waals surface area contributed by atoms with Gasteiger partial charge in [-0.25, -0.2) is 0 Å². The Morgan fingerprint density at radius 1 is 0.941 bits per heavy atom. The number of nitrogens with zero attached hydrogens (tertiary/aromatic N) is 3. The molecule has 2 heterocycles. The molecule has 8 heteroatoms. The number of anilines is 2. The number of furan rings is 1. The second-order valence-corrected chi connectivity index (χ2v) is 8.23. The van der Waals surface area contributed by atoms with E-state index < -0.39 is 0 Å². The zero-order valence-corrected chi connectivity index (χ0v) is 18.5. The van der Waals surface area contributed by atoms with Gasteiger partial charge in [-0.1, -0.05) is 48.5 Å². The van der Waals surface area contributed by atoms with Crippen molar-refractivity contribution in [3.8, 4) is 0 Å². The van der Waals surface area contributed by atoms with Crippen LogP contribution in [-0.4, -0.2) is 41.9 Å². The molecule has 0 unspecified atom stereocenters. The van der Waals surface area contributed by atoms with E-state index in [9.17, 15) is 14.9 Å². The van der Waals surface area contributed by atoms with Crippen molar-refractivity contribution in [2.75, 3.05) is 36.4 Å². The van der Waals surface area contributed by atoms with Crippen LogP contribution < -0.4 is 10.2 Å². The third kappa shape index (κ3) is 4.43. The van der Waals surface area contributed by atoms with Crippen LogP contribution in [0.2, 0.25) is 0 Å². The first kappa shape index (κ1) is 21.5. The minimum absolute atomic E-state index is 0.0402. The molecule has 0 saturated carbocycles. The van der Waals surface area contributed by atoms with Crippen molar-refractivity contribution in [3.05, 3.63) is 100 Å². The maximum Gasteiger partial charge on any atom is 0.292 e. The lowest BCUT2D eigenvalue weighted by molar-refractivity contribution is -0.384. The van der Waals surface area contributed by atoms with Gasteiger partial charge in [0.05, 0.1) is 4.92 Å². The Balaban J connectivity index is 1.27. The summed E-state index contributed by atoms with van der Waals surface area (Å²) in [5.41, 5.74) is 3.15. The molecule has 3 aromatic carbocycles. The van der Waals surface area contributed by atoms with Crippen LogP contribution in [-0.2, 0) is 6.54 Å². The zero-order chi connectivity index (χ0) is 23.5. The maximum atomic E-state index is 12.9. The van der Waals surface area contributed by atoms with Crippen molar-refractivity contribution >= 4 is 33.9 Å². The summed E-state index contributed by atoms with van der Waals surface area (Å²) < 4.78 is 5.73. The molecular formula is C26H24N4O4. The molecule has 172 valence electrons. The highest BCUT2D eigenvalue weighted by atomic mass is 16.6. The van der Waals surface area contributed by atoms with Gasteiger partial charge in [-0.05, 0) is 29.8 Å². The molecule has 1 fully saturated rings.